The minimum atomic E-state index is -3.34. The van der Waals surface area contributed by atoms with E-state index in [9.17, 15) is 0 Å². The van der Waals surface area contributed by atoms with E-state index in [-0.39, 0.29) is 0 Å². The summed E-state index contributed by atoms with van der Waals surface area (Å²) in [7, 11) is -4.25. The molecule has 0 heterocycles. The minimum Gasteiger partial charge on any atom is -0.378 e. The zero-order chi connectivity index (χ0) is 34.8. The van der Waals surface area contributed by atoms with Crippen molar-refractivity contribution in [2.45, 2.75) is 176 Å². The van der Waals surface area contributed by atoms with Crippen LogP contribution in [0.1, 0.15) is 130 Å². The van der Waals surface area contributed by atoms with Crippen molar-refractivity contribution in [1.82, 2.24) is 0 Å². The predicted octanol–water partition coefficient (Wildman–Crippen LogP) is 7.38. The molecule has 0 radical (unpaired) electrons. The van der Waals surface area contributed by atoms with Gasteiger partial charge in [-0.1, -0.05) is 48.9 Å². The molecule has 0 aliphatic carbocycles. The standard InChI is InChI=1S/C37H60O6Si2/c1-16-25-33(6,7)38-32(39-34(8,9)26-17-2)40-44-30-23-21-22-24-31-45(41-35(10,11)27-18-3,42-36(12,13)28-19-4)43-37(14,15)29-20-5/h32H,21-24,30-31,44H2,1-15H3. The second kappa shape index (κ2) is 19.6. The Balaban J connectivity index is 5.56. The lowest BCUT2D eigenvalue weighted by atomic mass is 10.1. The normalized spacial score (nSPS) is 12.6. The van der Waals surface area contributed by atoms with Crippen molar-refractivity contribution in [2.24, 2.45) is 0 Å². The molecule has 0 N–H and O–H groups in total. The summed E-state index contributed by atoms with van der Waals surface area (Å²) < 4.78 is 38.6. The zero-order valence-electron chi connectivity index (χ0n) is 31.0. The fourth-order valence-electron chi connectivity index (χ4n) is 4.75. The smallest absolute Gasteiger partial charge is 0.378 e. The third kappa shape index (κ3) is 20.0. The largest absolute Gasteiger partial charge is 0.504 e. The van der Waals surface area contributed by atoms with Gasteiger partial charge in [0.05, 0.1) is 0 Å². The first-order chi connectivity index (χ1) is 20.7. The average molecular weight is 657 g/mol. The lowest BCUT2D eigenvalue weighted by Gasteiger charge is -2.42. The van der Waals surface area contributed by atoms with Gasteiger partial charge in [0.25, 0.3) is 6.48 Å². The highest BCUT2D eigenvalue weighted by Gasteiger charge is 2.51. The fourth-order valence-corrected chi connectivity index (χ4v) is 9.40. The molecule has 0 saturated heterocycles. The van der Waals surface area contributed by atoms with Crippen LogP contribution in [-0.2, 0) is 27.2 Å². The Kier molecular flexibility index (Phi) is 18.7. The highest BCUT2D eigenvalue weighted by molar-refractivity contribution is 6.61. The molecule has 0 rings (SSSR count). The minimum absolute atomic E-state index is 0.629. The van der Waals surface area contributed by atoms with E-state index in [1.54, 1.807) is 13.8 Å². The molecule has 0 atom stereocenters. The van der Waals surface area contributed by atoms with E-state index in [4.69, 9.17) is 27.2 Å². The van der Waals surface area contributed by atoms with E-state index in [2.05, 4.69) is 59.2 Å². The van der Waals surface area contributed by atoms with Crippen LogP contribution >= 0.6 is 0 Å². The summed E-state index contributed by atoms with van der Waals surface area (Å²) in [6.07, 6.45) is 3.95. The monoisotopic (exact) mass is 656 g/mol. The van der Waals surface area contributed by atoms with Gasteiger partial charge in [0.2, 0.25) is 0 Å². The molecule has 8 heteroatoms. The third-order valence-corrected chi connectivity index (χ3v) is 10.8. The van der Waals surface area contributed by atoms with Crippen LogP contribution in [0, 0.1) is 59.2 Å². The van der Waals surface area contributed by atoms with Crippen molar-refractivity contribution >= 4 is 18.6 Å². The Hall–Kier alpha value is -2.01. The van der Waals surface area contributed by atoms with Crippen LogP contribution in [0.15, 0.2) is 0 Å². The first-order valence-corrected chi connectivity index (χ1v) is 19.5. The van der Waals surface area contributed by atoms with Gasteiger partial charge < -0.3 is 27.2 Å². The SMILES string of the molecule is CC#CC(C)(C)OC(O[SiH2]CCCCCC[Si](OC(C)(C)C#CC)(OC(C)(C)C#CC)OC(C)(C)C#CC)OC(C)(C)C#CC. The molecular weight excluding hydrogens is 597 g/mol. The van der Waals surface area contributed by atoms with Crippen molar-refractivity contribution in [3.8, 4) is 59.2 Å². The highest BCUT2D eigenvalue weighted by Crippen LogP contribution is 2.33. The lowest BCUT2D eigenvalue weighted by Crippen LogP contribution is -2.58. The van der Waals surface area contributed by atoms with Gasteiger partial charge in [0.1, 0.15) is 28.0 Å². The molecular formula is C37H60O6Si2. The van der Waals surface area contributed by atoms with Gasteiger partial charge in [-0.3, -0.25) is 0 Å². The molecule has 0 fully saturated rings. The molecule has 0 aromatic heterocycles. The molecule has 0 aromatic rings. The average Bonchev–Trinajstić information content (AvgIpc) is 2.83. The van der Waals surface area contributed by atoms with E-state index in [0.29, 0.717) is 6.04 Å². The zero-order valence-corrected chi connectivity index (χ0v) is 33.4. The number of unbranched alkanes of at least 4 members (excludes halogenated alkanes) is 3. The van der Waals surface area contributed by atoms with Gasteiger partial charge in [-0.25, -0.2) is 0 Å². The Morgan fingerprint density at radius 2 is 0.822 bits per heavy atom. The van der Waals surface area contributed by atoms with Crippen molar-refractivity contribution in [2.75, 3.05) is 0 Å². The number of rotatable bonds is 19. The second-order valence-corrected chi connectivity index (χ2v) is 17.3. The quantitative estimate of drug-likeness (QED) is 0.0626. The molecule has 252 valence electrons. The summed E-state index contributed by atoms with van der Waals surface area (Å²) in [4.78, 5) is 0. The van der Waals surface area contributed by atoms with E-state index in [1.807, 2.05) is 90.0 Å². The van der Waals surface area contributed by atoms with Crippen LogP contribution < -0.4 is 0 Å². The van der Waals surface area contributed by atoms with Crippen LogP contribution in [0.25, 0.3) is 0 Å². The molecule has 0 aromatic carbocycles. The van der Waals surface area contributed by atoms with Gasteiger partial charge >= 0.3 is 8.80 Å². The summed E-state index contributed by atoms with van der Waals surface area (Å²) in [6, 6.07) is 1.62. The van der Waals surface area contributed by atoms with Gasteiger partial charge in [-0.15, -0.1) is 29.6 Å². The van der Waals surface area contributed by atoms with Crippen LogP contribution in [0.5, 0.6) is 0 Å². The molecule has 0 bridgehead atoms. The molecule has 0 saturated carbocycles. The van der Waals surface area contributed by atoms with Crippen LogP contribution in [0.3, 0.4) is 0 Å². The maximum atomic E-state index is 6.74. The van der Waals surface area contributed by atoms with E-state index in [1.165, 1.54) is 0 Å². The summed E-state index contributed by atoms with van der Waals surface area (Å²) in [5.74, 6) is 30.5. The molecule has 6 nitrogen and oxygen atoms in total. The summed E-state index contributed by atoms with van der Waals surface area (Å²) in [6.45, 7) is 27.5. The van der Waals surface area contributed by atoms with Crippen molar-refractivity contribution in [3.63, 3.8) is 0 Å². The lowest BCUT2D eigenvalue weighted by molar-refractivity contribution is -0.301. The Morgan fingerprint density at radius 1 is 0.489 bits per heavy atom. The molecule has 0 spiro atoms. The molecule has 0 unspecified atom stereocenters. The second-order valence-electron chi connectivity index (χ2n) is 13.3. The fraction of sp³-hybridized carbons (Fsp3) is 0.730. The highest BCUT2D eigenvalue weighted by atomic mass is 28.4. The summed E-state index contributed by atoms with van der Waals surface area (Å²) in [5.41, 5.74) is -3.67. The maximum Gasteiger partial charge on any atom is 0.504 e. The van der Waals surface area contributed by atoms with Crippen LogP contribution in [0.4, 0.5) is 0 Å². The van der Waals surface area contributed by atoms with Crippen LogP contribution in [0.2, 0.25) is 12.1 Å². The molecule has 45 heavy (non-hydrogen) atoms. The Bertz CT molecular complexity index is 1110. The molecule has 0 amide bonds. The van der Waals surface area contributed by atoms with Gasteiger partial charge in [0.15, 0.2) is 9.76 Å². The van der Waals surface area contributed by atoms with E-state index >= 15 is 0 Å². The number of hydrogen-bond donors (Lipinski definition) is 0. The van der Waals surface area contributed by atoms with E-state index < -0.39 is 53.0 Å². The van der Waals surface area contributed by atoms with Crippen molar-refractivity contribution < 1.29 is 27.2 Å². The van der Waals surface area contributed by atoms with Crippen LogP contribution in [-0.4, -0.2) is 53.0 Å². The molecule has 0 aliphatic heterocycles. The van der Waals surface area contributed by atoms with Gasteiger partial charge in [0, 0.05) is 6.04 Å². The van der Waals surface area contributed by atoms with Crippen molar-refractivity contribution in [1.29, 1.82) is 0 Å². The molecule has 0 aliphatic rings. The van der Waals surface area contributed by atoms with Gasteiger partial charge in [-0.2, -0.15) is 0 Å². The van der Waals surface area contributed by atoms with Gasteiger partial charge in [-0.05, 0) is 116 Å². The summed E-state index contributed by atoms with van der Waals surface area (Å²) in [5, 5.41) is 0. The Morgan fingerprint density at radius 3 is 1.18 bits per heavy atom. The maximum absolute atomic E-state index is 6.74. The number of ether oxygens (including phenoxy) is 2. The first kappa shape index (κ1) is 43.0. The van der Waals surface area contributed by atoms with Crippen molar-refractivity contribution in [3.05, 3.63) is 0 Å². The predicted molar refractivity (Wildman–Crippen MR) is 190 cm³/mol. The summed E-state index contributed by atoms with van der Waals surface area (Å²) >= 11 is 0. The first-order valence-electron chi connectivity index (χ1n) is 16.0. The topological polar surface area (TPSA) is 55.4 Å². The van der Waals surface area contributed by atoms with E-state index in [0.717, 1.165) is 31.7 Å². The Labute approximate surface area is 280 Å². The number of hydrogen-bond acceptors (Lipinski definition) is 6. The third-order valence-electron chi connectivity index (χ3n) is 6.03.